The molecule has 2 aliphatic rings. The fourth-order valence-electron chi connectivity index (χ4n) is 17.0. The van der Waals surface area contributed by atoms with Crippen molar-refractivity contribution in [2.75, 3.05) is 4.90 Å². The van der Waals surface area contributed by atoms with Gasteiger partial charge in [0.25, 0.3) is 0 Å². The van der Waals surface area contributed by atoms with Gasteiger partial charge in [-0.2, -0.15) is 0 Å². The van der Waals surface area contributed by atoms with E-state index in [1.807, 2.05) is 0 Å². The monoisotopic (exact) mass is 1590 g/mol. The molecule has 117 heavy (non-hydrogen) atoms. The van der Waals surface area contributed by atoms with Crippen molar-refractivity contribution in [3.8, 4) is 89.0 Å². The van der Waals surface area contributed by atoms with Gasteiger partial charge in [-0.1, -0.05) is 429 Å². The zero-order valence-electron chi connectivity index (χ0n) is 73.6. The molecule has 0 fully saturated rings. The minimum absolute atomic E-state index is 0.0157. The van der Waals surface area contributed by atoms with Crippen LogP contribution in [0.15, 0.2) is 320 Å². The van der Waals surface area contributed by atoms with Crippen LogP contribution in [0.5, 0.6) is 0 Å². The van der Waals surface area contributed by atoms with Gasteiger partial charge in [0.1, 0.15) is 0 Å². The second-order valence-electron chi connectivity index (χ2n) is 40.1. The SMILES string of the molecule is CC(C)(C)c1cc(-c2ccc(Br)cc2)cc(-c2cc(C(C)(C)C)cc(C(C)(C)C)c2)c1.CC(C)(C)c1cc(-c2ccc(N(c3ccc4c(c3)C(C)(C)c3ccccc3-4)c3ccccc3-c3ccccc3)cc2)cc(-c2cc(C(C)(C)C)cc(C(C)(C)C)c2)c1.CC1(C)c2ccccc2-c2ccc(Cc3ccccc3-c3ccccc3)cc21. The van der Waals surface area contributed by atoms with E-state index in [0.29, 0.717) is 0 Å². The van der Waals surface area contributed by atoms with Crippen LogP contribution in [0, 0.1) is 0 Å². The summed E-state index contributed by atoms with van der Waals surface area (Å²) in [4.78, 5) is 2.45. The molecule has 0 spiro atoms. The summed E-state index contributed by atoms with van der Waals surface area (Å²) in [6.07, 6.45) is 0.949. The maximum atomic E-state index is 3.57. The molecule has 0 aromatic heterocycles. The third-order valence-corrected chi connectivity index (χ3v) is 25.0. The van der Waals surface area contributed by atoms with Gasteiger partial charge in [0.15, 0.2) is 0 Å². The average Bonchev–Trinajstić information content (AvgIpc) is 1.59. The Labute approximate surface area is 710 Å². The Hall–Kier alpha value is -10.6. The molecule has 2 aliphatic carbocycles. The lowest BCUT2D eigenvalue weighted by molar-refractivity contribution is 0.568. The lowest BCUT2D eigenvalue weighted by Crippen LogP contribution is -2.17. The second-order valence-corrected chi connectivity index (χ2v) is 41.0. The average molecular weight is 1600 g/mol. The van der Waals surface area contributed by atoms with E-state index in [1.54, 1.807) is 0 Å². The first kappa shape index (κ1) is 82.9. The van der Waals surface area contributed by atoms with E-state index in [4.69, 9.17) is 0 Å². The number of halogens is 1. The van der Waals surface area contributed by atoms with Gasteiger partial charge in [0, 0.05) is 32.2 Å². The van der Waals surface area contributed by atoms with Crippen molar-refractivity contribution >= 4 is 33.0 Å². The van der Waals surface area contributed by atoms with Crippen molar-refractivity contribution in [3.63, 3.8) is 0 Å². The number of para-hydroxylation sites is 1. The van der Waals surface area contributed by atoms with Crippen molar-refractivity contribution in [2.45, 2.75) is 202 Å². The molecule has 0 amide bonds. The molecule has 0 bridgehead atoms. The van der Waals surface area contributed by atoms with Gasteiger partial charge in [0.2, 0.25) is 0 Å². The van der Waals surface area contributed by atoms with Gasteiger partial charge in [-0.05, 0) is 244 Å². The van der Waals surface area contributed by atoms with Gasteiger partial charge >= 0.3 is 0 Å². The smallest absolute Gasteiger partial charge is 0.0540 e. The molecule has 0 aliphatic heterocycles. The summed E-state index contributed by atoms with van der Waals surface area (Å²) in [6.45, 7) is 51.0. The van der Waals surface area contributed by atoms with Crippen molar-refractivity contribution in [1.29, 1.82) is 0 Å². The minimum Gasteiger partial charge on any atom is -0.310 e. The highest BCUT2D eigenvalue weighted by Gasteiger charge is 2.38. The van der Waals surface area contributed by atoms with Gasteiger partial charge < -0.3 is 4.90 Å². The zero-order chi connectivity index (χ0) is 83.5. The molecule has 0 atom stereocenters. The van der Waals surface area contributed by atoms with E-state index in [1.165, 1.54) is 156 Å². The van der Waals surface area contributed by atoms with Crippen LogP contribution in [-0.4, -0.2) is 0 Å². The number of rotatable bonds is 11. The van der Waals surface area contributed by atoms with Crippen LogP contribution in [0.25, 0.3) is 89.0 Å². The molecular formula is C115H120BrN. The molecule has 0 saturated heterocycles. The van der Waals surface area contributed by atoms with E-state index in [-0.39, 0.29) is 43.3 Å². The summed E-state index contributed by atoms with van der Waals surface area (Å²) < 4.78 is 1.11. The molecule has 0 heterocycles. The molecule has 0 N–H and O–H groups in total. The topological polar surface area (TPSA) is 3.24 Å². The Morgan fingerprint density at radius 1 is 0.231 bits per heavy atom. The summed E-state index contributed by atoms with van der Waals surface area (Å²) in [5, 5.41) is 0. The fourth-order valence-corrected chi connectivity index (χ4v) is 17.3. The summed E-state index contributed by atoms with van der Waals surface area (Å²) in [5.74, 6) is 0. The predicted molar refractivity (Wildman–Crippen MR) is 511 cm³/mol. The molecule has 0 saturated carbocycles. The molecule has 0 radical (unpaired) electrons. The van der Waals surface area contributed by atoms with Crippen LogP contribution in [0.1, 0.15) is 219 Å². The van der Waals surface area contributed by atoms with E-state index >= 15 is 0 Å². The predicted octanol–water partition coefficient (Wildman–Crippen LogP) is 33.3. The Bertz CT molecular complexity index is 5870. The lowest BCUT2D eigenvalue weighted by atomic mass is 9.78. The maximum absolute atomic E-state index is 3.57. The van der Waals surface area contributed by atoms with E-state index < -0.39 is 0 Å². The van der Waals surface area contributed by atoms with E-state index in [2.05, 4.69) is 489 Å². The van der Waals surface area contributed by atoms with Gasteiger partial charge in [-0.25, -0.2) is 0 Å². The Balaban J connectivity index is 0.000000160. The van der Waals surface area contributed by atoms with Crippen molar-refractivity contribution in [2.24, 2.45) is 0 Å². The largest absolute Gasteiger partial charge is 0.310 e. The number of nitrogens with zero attached hydrogens (tertiary/aromatic N) is 1. The number of hydrogen-bond donors (Lipinski definition) is 0. The van der Waals surface area contributed by atoms with E-state index in [9.17, 15) is 0 Å². The van der Waals surface area contributed by atoms with Crippen LogP contribution in [0.4, 0.5) is 17.1 Å². The normalized spacial score (nSPS) is 13.4. The Morgan fingerprint density at radius 2 is 0.538 bits per heavy atom. The summed E-state index contributed by atoms with van der Waals surface area (Å²) in [7, 11) is 0. The third-order valence-electron chi connectivity index (χ3n) is 24.4. The number of hydrogen-bond acceptors (Lipinski definition) is 1. The first-order valence-corrected chi connectivity index (χ1v) is 43.0. The van der Waals surface area contributed by atoms with Gasteiger partial charge in [0.05, 0.1) is 5.69 Å². The molecular weight excluding hydrogens is 1480 g/mol. The first-order chi connectivity index (χ1) is 55.2. The van der Waals surface area contributed by atoms with Crippen LogP contribution in [0.2, 0.25) is 0 Å². The molecule has 14 aromatic carbocycles. The van der Waals surface area contributed by atoms with Crippen LogP contribution >= 0.6 is 15.9 Å². The highest BCUT2D eigenvalue weighted by Crippen LogP contribution is 2.53. The zero-order valence-corrected chi connectivity index (χ0v) is 75.1. The standard InChI is InChI=1S/C57H59N.C30H37Br.C28H24/c1-54(2,3)43-32-40(31-41(33-43)42-34-44(55(4,5)6)36-45(35-42)56(7,8)9)38-25-27-46(28-26-38)58(53-24-18-16-21-48(53)39-19-13-12-14-20-39)47-29-30-50-49-22-15-17-23-51(49)57(10,11)52(50)37-47;1-28(2,3)24-15-21(20-10-12-27(31)13-11-20)14-22(16-24)23-17-25(29(4,5)6)19-26(18-23)30(7,8)9;1-28(2)26-15-9-8-14-24(26)25-17-16-20(19-27(25)28)18-22-12-6-7-13-23(22)21-10-4-3-5-11-21/h12-37H,1-11H3;10-19H,1-9H3;3-17,19H,18H2,1-2H3. The van der Waals surface area contributed by atoms with Gasteiger partial charge in [-0.15, -0.1) is 0 Å². The first-order valence-electron chi connectivity index (χ1n) is 42.2. The number of fused-ring (bicyclic) bond motifs is 6. The molecule has 1 nitrogen and oxygen atoms in total. The summed E-state index contributed by atoms with van der Waals surface area (Å²) >= 11 is 3.57. The lowest BCUT2D eigenvalue weighted by Gasteiger charge is -2.30. The molecule has 2 heteroatoms. The molecule has 592 valence electrons. The molecule has 16 rings (SSSR count). The van der Waals surface area contributed by atoms with Crippen LogP contribution in [0.3, 0.4) is 0 Å². The Kier molecular flexibility index (Phi) is 22.7. The number of benzene rings is 14. The fraction of sp³-hybridized carbons (Fsp3) is 0.270. The second kappa shape index (κ2) is 32.0. The quantitative estimate of drug-likeness (QED) is 0.125. The maximum Gasteiger partial charge on any atom is 0.0540 e. The van der Waals surface area contributed by atoms with Crippen LogP contribution in [-0.2, 0) is 49.7 Å². The van der Waals surface area contributed by atoms with E-state index in [0.717, 1.165) is 28.0 Å². The van der Waals surface area contributed by atoms with Crippen LogP contribution < -0.4 is 4.90 Å². The molecule has 14 aromatic rings. The molecule has 0 unspecified atom stereocenters. The highest BCUT2D eigenvalue weighted by molar-refractivity contribution is 9.10. The van der Waals surface area contributed by atoms with Crippen molar-refractivity contribution in [1.82, 2.24) is 0 Å². The summed E-state index contributed by atoms with van der Waals surface area (Å²) in [6, 6.07) is 118. The van der Waals surface area contributed by atoms with Crippen molar-refractivity contribution < 1.29 is 0 Å². The van der Waals surface area contributed by atoms with Crippen molar-refractivity contribution in [3.05, 3.63) is 387 Å². The number of anilines is 3. The Morgan fingerprint density at radius 3 is 0.966 bits per heavy atom. The summed E-state index contributed by atoms with van der Waals surface area (Å²) in [5.41, 5.74) is 40.9. The minimum atomic E-state index is -0.105. The third kappa shape index (κ3) is 17.8. The highest BCUT2D eigenvalue weighted by atomic mass is 79.9. The van der Waals surface area contributed by atoms with Gasteiger partial charge in [-0.3, -0.25) is 0 Å².